The molecule has 0 aromatic carbocycles. The second-order valence-corrected chi connectivity index (χ2v) is 5.22. The van der Waals surface area contributed by atoms with E-state index >= 15 is 0 Å². The number of nitrogens with one attached hydrogen (secondary N) is 1. The lowest BCUT2D eigenvalue weighted by Crippen LogP contribution is -2.41. The first kappa shape index (κ1) is 14.7. The third kappa shape index (κ3) is 3.15. The molecule has 0 bridgehead atoms. The molecule has 0 atom stereocenters. The molecule has 0 saturated carbocycles. The summed E-state index contributed by atoms with van der Waals surface area (Å²) in [4.78, 5) is 22.1. The lowest BCUT2D eigenvalue weighted by Gasteiger charge is -2.30. The summed E-state index contributed by atoms with van der Waals surface area (Å²) in [7, 11) is 0. The van der Waals surface area contributed by atoms with Crippen molar-refractivity contribution in [3.05, 3.63) is 18.3 Å². The number of carbonyl (C=O) groups excluding carboxylic acids is 1. The molecule has 1 aliphatic heterocycles. The van der Waals surface area contributed by atoms with Crippen molar-refractivity contribution in [2.75, 3.05) is 24.5 Å². The van der Waals surface area contributed by atoms with Crippen molar-refractivity contribution >= 4 is 23.2 Å². The van der Waals surface area contributed by atoms with Gasteiger partial charge in [-0.05, 0) is 25.0 Å². The summed E-state index contributed by atoms with van der Waals surface area (Å²) in [6.07, 6.45) is 0.299. The summed E-state index contributed by atoms with van der Waals surface area (Å²) in [6, 6.07) is 4.06. The van der Waals surface area contributed by atoms with E-state index < -0.39 is 13.0 Å². The highest BCUT2D eigenvalue weighted by atomic mass is 19.3. The molecule has 6 nitrogen and oxygen atoms in total. The number of hydrogen-bond acceptors (Lipinski definition) is 5. The van der Waals surface area contributed by atoms with Gasteiger partial charge >= 0.3 is 0 Å². The van der Waals surface area contributed by atoms with Crippen molar-refractivity contribution in [1.82, 2.24) is 15.3 Å². The number of nitrogens with zero attached hydrogens (tertiary/aromatic N) is 3. The predicted molar refractivity (Wildman–Crippen MR) is 75.8 cm³/mol. The molecule has 118 valence electrons. The Labute approximate surface area is 125 Å². The highest BCUT2D eigenvalue weighted by Crippen LogP contribution is 2.25. The standard InChI is InChI=1S/C14H16F2N4O2/c15-11(16)8-18-13(21)9-3-6-20(7-4-9)14-19-12-10(22-14)2-1-5-17-12/h1-2,5,9,11H,3-4,6-8H2,(H,18,21). The fraction of sp³-hybridized carbons (Fsp3) is 0.500. The number of anilines is 1. The van der Waals surface area contributed by atoms with Crippen LogP contribution in [0.25, 0.3) is 11.2 Å². The summed E-state index contributed by atoms with van der Waals surface area (Å²) in [6.45, 7) is 0.606. The number of piperidine rings is 1. The van der Waals surface area contributed by atoms with Crippen LogP contribution in [0.3, 0.4) is 0 Å². The van der Waals surface area contributed by atoms with Gasteiger partial charge in [0.1, 0.15) is 0 Å². The topological polar surface area (TPSA) is 71.3 Å². The zero-order valence-corrected chi connectivity index (χ0v) is 11.8. The van der Waals surface area contributed by atoms with Crippen LogP contribution in [0.15, 0.2) is 22.7 Å². The molecular weight excluding hydrogens is 294 g/mol. The number of carbonyl (C=O) groups is 1. The van der Waals surface area contributed by atoms with Gasteiger partial charge in [0.25, 0.3) is 12.4 Å². The number of alkyl halides is 2. The summed E-state index contributed by atoms with van der Waals surface area (Å²) >= 11 is 0. The van der Waals surface area contributed by atoms with Crippen LogP contribution in [0.2, 0.25) is 0 Å². The van der Waals surface area contributed by atoms with Crippen molar-refractivity contribution in [3.8, 4) is 0 Å². The first-order valence-corrected chi connectivity index (χ1v) is 7.16. The maximum atomic E-state index is 12.1. The minimum Gasteiger partial charge on any atom is -0.422 e. The quantitative estimate of drug-likeness (QED) is 0.932. The van der Waals surface area contributed by atoms with Crippen LogP contribution in [-0.2, 0) is 4.79 Å². The Balaban J connectivity index is 1.58. The van der Waals surface area contributed by atoms with Crippen LogP contribution in [0.5, 0.6) is 0 Å². The summed E-state index contributed by atoms with van der Waals surface area (Å²) in [5, 5.41) is 2.27. The summed E-state index contributed by atoms with van der Waals surface area (Å²) in [5.41, 5.74) is 1.17. The molecule has 0 spiro atoms. The molecular formula is C14H16F2N4O2. The van der Waals surface area contributed by atoms with E-state index in [4.69, 9.17) is 4.42 Å². The molecule has 1 aliphatic rings. The number of fused-ring (bicyclic) bond motifs is 1. The number of halogens is 2. The van der Waals surface area contributed by atoms with E-state index in [-0.39, 0.29) is 11.8 Å². The minimum absolute atomic E-state index is 0.238. The van der Waals surface area contributed by atoms with Crippen molar-refractivity contribution in [2.45, 2.75) is 19.3 Å². The molecule has 2 aromatic heterocycles. The van der Waals surface area contributed by atoms with Gasteiger partial charge in [0.15, 0.2) is 5.58 Å². The van der Waals surface area contributed by atoms with Crippen molar-refractivity contribution < 1.29 is 18.0 Å². The van der Waals surface area contributed by atoms with E-state index in [0.717, 1.165) is 0 Å². The van der Waals surface area contributed by atoms with Gasteiger partial charge in [-0.15, -0.1) is 0 Å². The second kappa shape index (κ2) is 6.25. The zero-order chi connectivity index (χ0) is 15.5. The Morgan fingerprint density at radius 1 is 1.45 bits per heavy atom. The largest absolute Gasteiger partial charge is 0.422 e. The van der Waals surface area contributed by atoms with Gasteiger partial charge in [-0.3, -0.25) is 4.79 Å². The van der Waals surface area contributed by atoms with E-state index in [1.54, 1.807) is 18.3 Å². The highest BCUT2D eigenvalue weighted by Gasteiger charge is 2.27. The Morgan fingerprint density at radius 2 is 2.23 bits per heavy atom. The molecule has 8 heteroatoms. The molecule has 0 unspecified atom stereocenters. The third-order valence-electron chi connectivity index (χ3n) is 3.72. The lowest BCUT2D eigenvalue weighted by molar-refractivity contribution is -0.126. The molecule has 1 amide bonds. The van der Waals surface area contributed by atoms with Crippen molar-refractivity contribution in [2.24, 2.45) is 5.92 Å². The van der Waals surface area contributed by atoms with E-state index in [1.165, 1.54) is 0 Å². The van der Waals surface area contributed by atoms with Crippen LogP contribution in [0, 0.1) is 5.92 Å². The molecule has 0 radical (unpaired) electrons. The number of aromatic nitrogens is 2. The Morgan fingerprint density at radius 3 is 2.91 bits per heavy atom. The smallest absolute Gasteiger partial charge is 0.299 e. The highest BCUT2D eigenvalue weighted by molar-refractivity contribution is 5.79. The van der Waals surface area contributed by atoms with Crippen molar-refractivity contribution in [3.63, 3.8) is 0 Å². The number of pyridine rings is 1. The first-order chi connectivity index (χ1) is 10.6. The second-order valence-electron chi connectivity index (χ2n) is 5.22. The van der Waals surface area contributed by atoms with Crippen LogP contribution >= 0.6 is 0 Å². The monoisotopic (exact) mass is 310 g/mol. The molecule has 1 fully saturated rings. The SMILES string of the molecule is O=C(NCC(F)F)C1CCN(c2nc3ncccc3o2)CC1. The average Bonchev–Trinajstić information content (AvgIpc) is 2.96. The summed E-state index contributed by atoms with van der Waals surface area (Å²) < 4.78 is 29.8. The average molecular weight is 310 g/mol. The first-order valence-electron chi connectivity index (χ1n) is 7.16. The molecule has 2 aromatic rings. The van der Waals surface area contributed by atoms with Crippen LogP contribution in [0.4, 0.5) is 14.8 Å². The van der Waals surface area contributed by atoms with Gasteiger partial charge < -0.3 is 14.6 Å². The molecule has 0 aliphatic carbocycles. The van der Waals surface area contributed by atoms with Gasteiger partial charge in [-0.1, -0.05) is 0 Å². The van der Waals surface area contributed by atoms with E-state index in [1.807, 2.05) is 4.90 Å². The minimum atomic E-state index is -2.52. The fourth-order valence-electron chi connectivity index (χ4n) is 2.55. The maximum absolute atomic E-state index is 12.1. The van der Waals surface area contributed by atoms with Gasteiger partial charge in [-0.25, -0.2) is 13.8 Å². The van der Waals surface area contributed by atoms with Gasteiger partial charge in [0.2, 0.25) is 11.6 Å². The molecule has 3 rings (SSSR count). The lowest BCUT2D eigenvalue weighted by atomic mass is 9.96. The third-order valence-corrected chi connectivity index (χ3v) is 3.72. The Hall–Kier alpha value is -2.25. The summed E-state index contributed by atoms with van der Waals surface area (Å²) in [5.74, 6) is -0.545. The normalized spacial score (nSPS) is 16.4. The maximum Gasteiger partial charge on any atom is 0.299 e. The van der Waals surface area contributed by atoms with Crippen LogP contribution < -0.4 is 10.2 Å². The van der Waals surface area contributed by atoms with Crippen molar-refractivity contribution in [1.29, 1.82) is 0 Å². The molecule has 22 heavy (non-hydrogen) atoms. The van der Waals surface area contributed by atoms with E-state index in [0.29, 0.717) is 43.2 Å². The van der Waals surface area contributed by atoms with Crippen LogP contribution in [0.1, 0.15) is 12.8 Å². The molecule has 3 heterocycles. The number of hydrogen-bond donors (Lipinski definition) is 1. The van der Waals surface area contributed by atoms with E-state index in [2.05, 4.69) is 15.3 Å². The Kier molecular flexibility index (Phi) is 4.17. The molecule has 1 N–H and O–H groups in total. The van der Waals surface area contributed by atoms with Crippen LogP contribution in [-0.4, -0.2) is 41.9 Å². The number of amides is 1. The fourth-order valence-corrected chi connectivity index (χ4v) is 2.55. The number of oxazole rings is 1. The predicted octanol–water partition coefficient (Wildman–Crippen LogP) is 1.82. The number of rotatable bonds is 4. The van der Waals surface area contributed by atoms with Gasteiger partial charge in [-0.2, -0.15) is 4.98 Å². The Bertz CT molecular complexity index is 620. The zero-order valence-electron chi connectivity index (χ0n) is 11.8. The molecule has 1 saturated heterocycles. The van der Waals surface area contributed by atoms with Gasteiger partial charge in [0.05, 0.1) is 6.54 Å². The van der Waals surface area contributed by atoms with Gasteiger partial charge in [0, 0.05) is 25.2 Å². The van der Waals surface area contributed by atoms with E-state index in [9.17, 15) is 13.6 Å².